The van der Waals surface area contributed by atoms with Gasteiger partial charge >= 0.3 is 0 Å². The molecule has 3 heterocycles. The monoisotopic (exact) mass is 650 g/mol. The molecule has 8 aromatic rings. The van der Waals surface area contributed by atoms with E-state index in [-0.39, 0.29) is 6.71 Å². The van der Waals surface area contributed by atoms with Crippen LogP contribution in [0.3, 0.4) is 0 Å². The predicted octanol–water partition coefficient (Wildman–Crippen LogP) is 9.56. The van der Waals surface area contributed by atoms with E-state index in [2.05, 4.69) is 180 Å². The lowest BCUT2D eigenvalue weighted by atomic mass is 9.33. The molecule has 0 unspecified atom stereocenters. The number of hydrogen-bond donors (Lipinski definition) is 0. The molecule has 0 spiro atoms. The first-order valence-electron chi connectivity index (χ1n) is 17.4. The number of hydrogen-bond acceptors (Lipinski definition) is 4. The maximum absolute atomic E-state index is 4.74. The van der Waals surface area contributed by atoms with Crippen LogP contribution in [0.1, 0.15) is 0 Å². The zero-order chi connectivity index (χ0) is 33.7. The van der Waals surface area contributed by atoms with Crippen LogP contribution >= 0.6 is 0 Å². The minimum absolute atomic E-state index is 0.0489. The van der Waals surface area contributed by atoms with Crippen molar-refractivity contribution in [3.63, 3.8) is 0 Å². The Hall–Kier alpha value is -6.72. The second-order valence-electron chi connectivity index (χ2n) is 13.0. The van der Waals surface area contributed by atoms with Gasteiger partial charge < -0.3 is 9.80 Å². The summed E-state index contributed by atoms with van der Waals surface area (Å²) in [6.07, 6.45) is 3.64. The Morgan fingerprint density at radius 3 is 1.24 bits per heavy atom. The van der Waals surface area contributed by atoms with Crippen molar-refractivity contribution in [3.05, 3.63) is 188 Å². The van der Waals surface area contributed by atoms with Crippen molar-refractivity contribution in [2.24, 2.45) is 0 Å². The van der Waals surface area contributed by atoms with Gasteiger partial charge in [0.1, 0.15) is 0 Å². The van der Waals surface area contributed by atoms with Crippen LogP contribution in [-0.2, 0) is 0 Å². The molecule has 0 saturated carbocycles. The Labute approximate surface area is 298 Å². The first kappa shape index (κ1) is 29.2. The topological polar surface area (TPSA) is 32.3 Å². The SMILES string of the molecule is c1ccc(-c2ccc(N3c4ccccc4B4c5ccccc5N(c5ccc(-c6ccccc6)cc5)c5cc(-c6ncccn6)cc3c54)cc2)cc1. The summed E-state index contributed by atoms with van der Waals surface area (Å²) in [5, 5.41) is 0. The van der Waals surface area contributed by atoms with Gasteiger partial charge in [0, 0.05) is 52.1 Å². The Morgan fingerprint density at radius 1 is 0.353 bits per heavy atom. The van der Waals surface area contributed by atoms with Gasteiger partial charge in [0.15, 0.2) is 5.82 Å². The normalized spacial score (nSPS) is 12.6. The van der Waals surface area contributed by atoms with Crippen LogP contribution in [0.2, 0.25) is 0 Å². The number of rotatable bonds is 5. The van der Waals surface area contributed by atoms with Gasteiger partial charge in [-0.2, -0.15) is 0 Å². The minimum atomic E-state index is 0.0489. The molecule has 238 valence electrons. The summed E-state index contributed by atoms with van der Waals surface area (Å²) in [6, 6.07) is 63.2. The van der Waals surface area contributed by atoms with Crippen molar-refractivity contribution in [3.8, 4) is 33.6 Å². The Balaban J connectivity index is 1.22. The fourth-order valence-corrected chi connectivity index (χ4v) is 7.90. The van der Waals surface area contributed by atoms with Gasteiger partial charge in [-0.3, -0.25) is 0 Å². The molecule has 51 heavy (non-hydrogen) atoms. The zero-order valence-corrected chi connectivity index (χ0v) is 27.8. The van der Waals surface area contributed by atoms with E-state index in [0.29, 0.717) is 5.82 Å². The highest BCUT2D eigenvalue weighted by atomic mass is 15.2. The minimum Gasteiger partial charge on any atom is -0.311 e. The van der Waals surface area contributed by atoms with Crippen LogP contribution in [0.4, 0.5) is 34.1 Å². The molecule has 4 nitrogen and oxygen atoms in total. The maximum atomic E-state index is 4.74. The molecule has 0 atom stereocenters. The van der Waals surface area contributed by atoms with Gasteiger partial charge in [-0.1, -0.05) is 121 Å². The molecule has 0 radical (unpaired) electrons. The summed E-state index contributed by atoms with van der Waals surface area (Å²) in [6.45, 7) is 0.0489. The Kier molecular flexibility index (Phi) is 6.88. The molecule has 10 rings (SSSR count). The second kappa shape index (κ2) is 12.0. The number of benzene rings is 7. The van der Waals surface area contributed by atoms with Crippen molar-refractivity contribution in [1.82, 2.24) is 9.97 Å². The summed E-state index contributed by atoms with van der Waals surface area (Å²) in [5.74, 6) is 0.699. The molecular weight excluding hydrogens is 619 g/mol. The van der Waals surface area contributed by atoms with Gasteiger partial charge in [-0.15, -0.1) is 0 Å². The lowest BCUT2D eigenvalue weighted by Gasteiger charge is -2.44. The van der Waals surface area contributed by atoms with E-state index in [9.17, 15) is 0 Å². The van der Waals surface area contributed by atoms with Gasteiger partial charge in [0.05, 0.1) is 0 Å². The van der Waals surface area contributed by atoms with E-state index < -0.39 is 0 Å². The van der Waals surface area contributed by atoms with Gasteiger partial charge in [0.2, 0.25) is 0 Å². The van der Waals surface area contributed by atoms with Gasteiger partial charge in [0.25, 0.3) is 6.71 Å². The van der Waals surface area contributed by atoms with Crippen LogP contribution in [0.25, 0.3) is 33.6 Å². The van der Waals surface area contributed by atoms with Crippen molar-refractivity contribution >= 4 is 57.2 Å². The summed E-state index contributed by atoms with van der Waals surface area (Å²) < 4.78 is 0. The third kappa shape index (κ3) is 4.85. The molecule has 2 aliphatic rings. The van der Waals surface area contributed by atoms with Crippen LogP contribution in [0, 0.1) is 0 Å². The van der Waals surface area contributed by atoms with Crippen LogP contribution in [0.5, 0.6) is 0 Å². The zero-order valence-electron chi connectivity index (χ0n) is 27.8. The molecule has 5 heteroatoms. The third-order valence-corrected chi connectivity index (χ3v) is 10.2. The fourth-order valence-electron chi connectivity index (χ4n) is 7.90. The maximum Gasteiger partial charge on any atom is 0.252 e. The van der Waals surface area contributed by atoms with Crippen LogP contribution in [0.15, 0.2) is 188 Å². The average Bonchev–Trinajstić information content (AvgIpc) is 3.22. The molecule has 1 aromatic heterocycles. The number of fused-ring (bicyclic) bond motifs is 4. The molecule has 0 saturated heterocycles. The Bertz CT molecular complexity index is 2360. The molecule has 0 fully saturated rings. The van der Waals surface area contributed by atoms with Crippen LogP contribution in [-0.4, -0.2) is 16.7 Å². The summed E-state index contributed by atoms with van der Waals surface area (Å²) >= 11 is 0. The summed E-state index contributed by atoms with van der Waals surface area (Å²) in [7, 11) is 0. The Morgan fingerprint density at radius 2 is 0.765 bits per heavy atom. The van der Waals surface area contributed by atoms with Crippen molar-refractivity contribution in [2.45, 2.75) is 0 Å². The highest BCUT2D eigenvalue weighted by molar-refractivity contribution is 7.00. The number of aromatic nitrogens is 2. The van der Waals surface area contributed by atoms with Gasteiger partial charge in [-0.05, 0) is 93.2 Å². The molecule has 0 amide bonds. The van der Waals surface area contributed by atoms with E-state index in [4.69, 9.17) is 9.97 Å². The van der Waals surface area contributed by atoms with E-state index >= 15 is 0 Å². The molecule has 7 aromatic carbocycles. The standard InChI is InChI=1S/C46H31BN4/c1-3-12-32(13-4-1)34-20-24-37(25-21-34)50-41-18-9-7-16-39(41)47-40-17-8-10-19-42(40)51(38-26-22-35(23-27-38)33-14-5-2-6-15-33)44-31-36(30-43(50)45(44)47)46-48-28-11-29-49-46/h1-31H. The molecule has 0 bridgehead atoms. The van der Waals surface area contributed by atoms with Crippen molar-refractivity contribution < 1.29 is 0 Å². The van der Waals surface area contributed by atoms with Crippen molar-refractivity contribution in [2.75, 3.05) is 9.80 Å². The number of nitrogens with zero attached hydrogens (tertiary/aromatic N) is 4. The first-order valence-corrected chi connectivity index (χ1v) is 17.4. The van der Waals surface area contributed by atoms with Crippen molar-refractivity contribution in [1.29, 1.82) is 0 Å². The van der Waals surface area contributed by atoms with E-state index in [1.54, 1.807) is 0 Å². The lowest BCUT2D eigenvalue weighted by Crippen LogP contribution is -2.61. The quantitative estimate of drug-likeness (QED) is 0.174. The van der Waals surface area contributed by atoms with Gasteiger partial charge in [-0.25, -0.2) is 9.97 Å². The lowest BCUT2D eigenvalue weighted by molar-refractivity contribution is 1.17. The third-order valence-electron chi connectivity index (χ3n) is 10.2. The predicted molar refractivity (Wildman–Crippen MR) is 212 cm³/mol. The smallest absolute Gasteiger partial charge is 0.252 e. The summed E-state index contributed by atoms with van der Waals surface area (Å²) in [5.41, 5.74) is 16.4. The van der Waals surface area contributed by atoms with E-state index in [1.807, 2.05) is 18.5 Å². The van der Waals surface area contributed by atoms with E-state index in [1.165, 1.54) is 50.0 Å². The summed E-state index contributed by atoms with van der Waals surface area (Å²) in [4.78, 5) is 14.3. The first-order chi connectivity index (χ1) is 25.3. The molecule has 2 aliphatic heterocycles. The highest BCUT2D eigenvalue weighted by Gasteiger charge is 2.43. The van der Waals surface area contributed by atoms with E-state index in [0.717, 1.165) is 28.3 Å². The average molecular weight is 651 g/mol. The number of para-hydroxylation sites is 2. The number of anilines is 6. The van der Waals surface area contributed by atoms with Crippen LogP contribution < -0.4 is 26.2 Å². The largest absolute Gasteiger partial charge is 0.311 e. The molecular formula is C46H31BN4. The molecule has 0 aliphatic carbocycles. The highest BCUT2D eigenvalue weighted by Crippen LogP contribution is 2.46. The fraction of sp³-hybridized carbons (Fsp3) is 0. The second-order valence-corrected chi connectivity index (χ2v) is 13.0. The molecule has 0 N–H and O–H groups in total.